The summed E-state index contributed by atoms with van der Waals surface area (Å²) in [6, 6.07) is 40.3. The van der Waals surface area contributed by atoms with Crippen LogP contribution in [-0.4, -0.2) is 161 Å². The van der Waals surface area contributed by atoms with Gasteiger partial charge in [-0.3, -0.25) is 19.1 Å². The summed E-state index contributed by atoms with van der Waals surface area (Å²) < 4.78 is 268. The molecule has 0 aliphatic carbocycles. The Morgan fingerprint density at radius 1 is 0.536 bits per heavy atom. The number of halogens is 13. The van der Waals surface area contributed by atoms with Gasteiger partial charge in [0.2, 0.25) is 0 Å². The van der Waals surface area contributed by atoms with E-state index >= 15 is 0 Å². The molecule has 2 atom stereocenters. The van der Waals surface area contributed by atoms with Gasteiger partial charge in [0.15, 0.2) is 0 Å². The van der Waals surface area contributed by atoms with Crippen molar-refractivity contribution in [1.29, 1.82) is 0 Å². The highest BCUT2D eigenvalue weighted by molar-refractivity contribution is 8.11. The number of nitrogens with two attached hydrogens (primary N) is 2. The Kier molecular flexibility index (Phi) is 27.9. The molecular weight excluding hydrogens is 1600 g/mol. The second kappa shape index (κ2) is 35.3. The number of hydrogen-bond donors (Lipinski definition) is 6. The average molecular weight is 1670 g/mol. The van der Waals surface area contributed by atoms with Gasteiger partial charge in [0.25, 0.3) is 5.91 Å². The minimum Gasteiger partial charge on any atom is -0.478 e. The number of para-hydroxylation sites is 2. The maximum Gasteiger partial charge on any atom is 0.517 e. The number of anilines is 5. The third kappa shape index (κ3) is 21.5. The number of benzene rings is 7. The standard InChI is InChI=1S/C36H39F4N5O3S.C10H7F6NO6S2.C8H6F3NO4S.C8H9NO2.C7H7NO2/c1-24-41-32-10-2-3-11-33(32)45(24)31-22-29-12-13-30(23-31)44(29)19-16-35(26-7-5-8-27(37)21-26)14-17-43(18-15-35)34(46)25-6-4-9-28(20-25)42-49(47,48)36(38,39)40;1-23-8(18)6-3-2-4-7(5-6)17(24(19,20)9(11,12)13)25(21,22)10(14,15)16;9-8(10,11)17(15,16)12-6-3-1-2-5(4-6)7(13)14;1-11-8(10)6-3-2-4-7(9)5-6;8-6-3-1-2-5(4-6)7(9)10/h2-11,20-21,29-31,42H,12-19,22-23H2,1H3;2-5H,1H3;1-4,12H,(H,13,14);2-5H,9H2,1H3;1-4H,8H2,(H,9,10). The van der Waals surface area contributed by atoms with E-state index < -0.39 is 107 Å². The van der Waals surface area contributed by atoms with Crippen LogP contribution in [0.5, 0.6) is 0 Å². The molecule has 0 saturated carbocycles. The number of carboxylic acid groups (broad SMARTS) is 2. The molecule has 3 saturated heterocycles. The first kappa shape index (κ1) is 88.4. The smallest absolute Gasteiger partial charge is 0.478 e. The molecule has 43 heteroatoms. The number of hydrogen-bond acceptors (Lipinski definition) is 19. The summed E-state index contributed by atoms with van der Waals surface area (Å²) in [7, 11) is -23.0. The number of methoxy groups -OCH3 is 2. The van der Waals surface area contributed by atoms with E-state index in [0.29, 0.717) is 73.1 Å². The molecule has 3 aliphatic rings. The number of aromatic carboxylic acids is 2. The minimum absolute atomic E-state index is 0.0842. The third-order valence-electron chi connectivity index (χ3n) is 17.6. The van der Waals surface area contributed by atoms with Crippen molar-refractivity contribution in [1.82, 2.24) is 19.4 Å². The van der Waals surface area contributed by atoms with Gasteiger partial charge in [-0.15, -0.1) is 3.71 Å². The molecule has 2 unspecified atom stereocenters. The van der Waals surface area contributed by atoms with Crippen molar-refractivity contribution in [3.8, 4) is 0 Å². The lowest BCUT2D eigenvalue weighted by Crippen LogP contribution is -2.49. The molecule has 7 aromatic carbocycles. The molecule has 1 amide bonds. The monoisotopic (exact) mass is 1670 g/mol. The number of nitrogen functional groups attached to an aromatic ring is 2. The van der Waals surface area contributed by atoms with Gasteiger partial charge in [-0.25, -0.2) is 28.6 Å². The number of carbonyl (C=O) groups excluding carboxylic acids is 3. The van der Waals surface area contributed by atoms with Crippen LogP contribution in [0.1, 0.15) is 114 Å². The van der Waals surface area contributed by atoms with Crippen LogP contribution in [0.2, 0.25) is 0 Å². The zero-order chi connectivity index (χ0) is 83.5. The van der Waals surface area contributed by atoms with E-state index in [1.165, 1.54) is 58.5 Å². The Balaban J connectivity index is 0.000000228. The highest BCUT2D eigenvalue weighted by Gasteiger charge is 2.62. The Hall–Kier alpha value is -10.8. The van der Waals surface area contributed by atoms with Gasteiger partial charge < -0.3 is 40.6 Å². The summed E-state index contributed by atoms with van der Waals surface area (Å²) in [5.74, 6) is -3.61. The number of imidazole rings is 1. The van der Waals surface area contributed by atoms with E-state index in [1.807, 2.05) is 12.1 Å². The van der Waals surface area contributed by atoms with Crippen molar-refractivity contribution in [2.24, 2.45) is 0 Å². The lowest BCUT2D eigenvalue weighted by molar-refractivity contribution is -0.0466. The number of fused-ring (bicyclic) bond motifs is 3. The van der Waals surface area contributed by atoms with Gasteiger partial charge in [-0.2, -0.15) is 86.4 Å². The predicted octanol–water partition coefficient (Wildman–Crippen LogP) is 12.8. The lowest BCUT2D eigenvalue weighted by atomic mass is 9.70. The van der Waals surface area contributed by atoms with E-state index in [4.69, 9.17) is 26.7 Å². The van der Waals surface area contributed by atoms with Crippen LogP contribution in [0, 0.1) is 12.7 Å². The number of sulfonamides is 4. The molecular formula is C69H68F13N9O17S4. The average Bonchev–Trinajstić information content (AvgIpc) is 1.04. The van der Waals surface area contributed by atoms with Crippen molar-refractivity contribution in [2.75, 3.05) is 58.5 Å². The highest BCUT2D eigenvalue weighted by Crippen LogP contribution is 2.46. The van der Waals surface area contributed by atoms with Crippen LogP contribution in [0.4, 0.5) is 85.5 Å². The number of nitrogens with zero attached hydrogens (tertiary/aromatic N) is 5. The Morgan fingerprint density at radius 3 is 1.42 bits per heavy atom. The fraction of sp³-hybridized carbons (Fsp3) is 0.304. The maximum atomic E-state index is 14.6. The fourth-order valence-electron chi connectivity index (χ4n) is 12.4. The summed E-state index contributed by atoms with van der Waals surface area (Å²) in [5.41, 5.74) is -11.7. The third-order valence-corrected chi connectivity index (χ3v) is 23.4. The Bertz CT molecular complexity index is 5180. The first-order valence-electron chi connectivity index (χ1n) is 32.5. The topological polar surface area (TPSA) is 384 Å². The summed E-state index contributed by atoms with van der Waals surface area (Å²) in [4.78, 5) is 65.6. The quantitative estimate of drug-likeness (QED) is 0.0280. The number of likely N-dealkylation sites (tertiary alicyclic amines) is 1. The second-order valence-electron chi connectivity index (χ2n) is 24.9. The Labute approximate surface area is 630 Å². The van der Waals surface area contributed by atoms with Gasteiger partial charge in [0.1, 0.15) is 11.6 Å². The number of rotatable bonds is 17. The lowest BCUT2D eigenvalue weighted by Gasteiger charge is -2.45. The molecule has 8 aromatic rings. The number of aryl methyl sites for hydroxylation is 1. The molecule has 112 heavy (non-hydrogen) atoms. The first-order valence-corrected chi connectivity index (χ1v) is 38.3. The van der Waals surface area contributed by atoms with E-state index in [1.54, 1.807) is 53.4 Å². The van der Waals surface area contributed by atoms with Crippen molar-refractivity contribution < 1.29 is 134 Å². The van der Waals surface area contributed by atoms with Gasteiger partial charge >= 0.3 is 86.0 Å². The zero-order valence-electron chi connectivity index (χ0n) is 58.4. The number of nitrogens with one attached hydrogen (secondary N) is 2. The van der Waals surface area contributed by atoms with Crippen LogP contribution in [-0.2, 0) is 55.0 Å². The predicted molar refractivity (Wildman–Crippen MR) is 381 cm³/mol. The molecule has 606 valence electrons. The zero-order valence-corrected chi connectivity index (χ0v) is 61.7. The molecule has 26 nitrogen and oxygen atoms in total. The molecule has 1 aromatic heterocycles. The van der Waals surface area contributed by atoms with Crippen LogP contribution < -0.4 is 24.6 Å². The van der Waals surface area contributed by atoms with E-state index in [2.05, 4.69) is 44.1 Å². The molecule has 3 aliphatic heterocycles. The molecule has 0 radical (unpaired) electrons. The molecule has 4 heterocycles. The molecule has 2 bridgehead atoms. The second-order valence-corrected chi connectivity index (χ2v) is 32.0. The first-order chi connectivity index (χ1) is 52.0. The molecule has 8 N–H and O–H groups in total. The summed E-state index contributed by atoms with van der Waals surface area (Å²) in [5, 5.41) is 17.0. The molecule has 0 spiro atoms. The van der Waals surface area contributed by atoms with Gasteiger partial charge in [-0.1, -0.05) is 54.6 Å². The van der Waals surface area contributed by atoms with Crippen molar-refractivity contribution in [3.05, 3.63) is 215 Å². The SMILES string of the molecule is COC(=O)c1cccc(N(S(=O)(=O)C(F)(F)F)S(=O)(=O)C(F)(F)F)c1.COC(=O)c1cccc(N)c1.Cc1nc2ccccc2n1C1CC2CCC(C1)N2CCC1(c2cccc(F)c2)CCN(C(=O)c2cccc(NS(=O)(=O)C(F)(F)F)c2)CC1.Nc1cccc(C(=O)O)c1.O=C(O)c1cccc(NS(=O)(=O)C(F)(F)F)c1. The fourth-order valence-corrected chi connectivity index (χ4v) is 16.2. The number of alkyl halides is 12. The Morgan fingerprint density at radius 2 is 0.964 bits per heavy atom. The number of aromatic nitrogens is 2. The van der Waals surface area contributed by atoms with Crippen molar-refractivity contribution in [3.63, 3.8) is 0 Å². The largest absolute Gasteiger partial charge is 0.517 e. The molecule has 11 rings (SSSR count). The van der Waals surface area contributed by atoms with Crippen LogP contribution in [0.3, 0.4) is 0 Å². The summed E-state index contributed by atoms with van der Waals surface area (Å²) >= 11 is 0. The van der Waals surface area contributed by atoms with Crippen molar-refractivity contribution >= 4 is 109 Å². The van der Waals surface area contributed by atoms with E-state index in [-0.39, 0.29) is 45.6 Å². The number of carboxylic acids is 2. The minimum atomic E-state index is -7.01. The van der Waals surface area contributed by atoms with Gasteiger partial charge in [-0.05, 0) is 185 Å². The van der Waals surface area contributed by atoms with Crippen molar-refractivity contribution in [2.45, 2.75) is 97.4 Å². The maximum absolute atomic E-state index is 14.6. The van der Waals surface area contributed by atoms with Gasteiger partial charge in [0.05, 0.1) is 53.2 Å². The number of ether oxygens (including phenoxy) is 2. The number of amides is 1. The van der Waals surface area contributed by atoms with Crippen LogP contribution >= 0.6 is 0 Å². The van der Waals surface area contributed by atoms with E-state index in [0.717, 1.165) is 99.1 Å². The molecule has 3 fully saturated rings. The number of esters is 2. The number of carbonyl (C=O) groups is 5. The summed E-state index contributed by atoms with van der Waals surface area (Å²) in [6.45, 7) is 3.68. The normalized spacial score (nSPS) is 16.5. The summed E-state index contributed by atoms with van der Waals surface area (Å²) in [6.07, 6.45) is 6.36. The van der Waals surface area contributed by atoms with Gasteiger partial charge in [0, 0.05) is 59.5 Å². The van der Waals surface area contributed by atoms with Crippen LogP contribution in [0.15, 0.2) is 170 Å². The highest BCUT2D eigenvalue weighted by atomic mass is 32.3. The van der Waals surface area contributed by atoms with Crippen LogP contribution in [0.25, 0.3) is 11.0 Å². The number of piperidine rings is 2. The van der Waals surface area contributed by atoms with E-state index in [9.17, 15) is 115 Å².